The molecule has 1 aliphatic rings. The van der Waals surface area contributed by atoms with Crippen molar-refractivity contribution in [1.29, 1.82) is 0 Å². The Labute approximate surface area is 168 Å². The SMILES string of the molecule is CCOc1ccc(/C(O)=C2/C(=O)C(=O)N(CCOC)C2c2sccc2C)cc1. The Hall–Kier alpha value is -2.64. The zero-order valence-electron chi connectivity index (χ0n) is 16.1. The van der Waals surface area contributed by atoms with Crippen molar-refractivity contribution in [1.82, 2.24) is 4.90 Å². The number of aliphatic hydroxyl groups is 1. The number of thiophene rings is 1. The number of carbonyl (C=O) groups excluding carboxylic acids is 2. The topological polar surface area (TPSA) is 76.1 Å². The first-order valence-corrected chi connectivity index (χ1v) is 9.92. The molecule has 1 atom stereocenters. The minimum absolute atomic E-state index is 0.107. The molecule has 0 bridgehead atoms. The Bertz CT molecular complexity index is 900. The van der Waals surface area contributed by atoms with Crippen molar-refractivity contribution in [3.05, 3.63) is 57.3 Å². The number of carbonyl (C=O) groups is 2. The van der Waals surface area contributed by atoms with Gasteiger partial charge in [-0.15, -0.1) is 11.3 Å². The van der Waals surface area contributed by atoms with E-state index in [1.54, 1.807) is 31.4 Å². The van der Waals surface area contributed by atoms with Gasteiger partial charge in [0.15, 0.2) is 0 Å². The monoisotopic (exact) mass is 401 g/mol. The smallest absolute Gasteiger partial charge is 0.295 e. The Morgan fingerprint density at radius 2 is 1.93 bits per heavy atom. The van der Waals surface area contributed by atoms with E-state index in [1.807, 2.05) is 25.3 Å². The van der Waals surface area contributed by atoms with Crippen LogP contribution in [0.1, 0.15) is 29.0 Å². The van der Waals surface area contributed by atoms with Crippen LogP contribution in [0.2, 0.25) is 0 Å². The lowest BCUT2D eigenvalue weighted by Crippen LogP contribution is -2.32. The number of methoxy groups -OCH3 is 1. The Balaban J connectivity index is 2.09. The van der Waals surface area contributed by atoms with Crippen LogP contribution < -0.4 is 4.74 Å². The molecule has 2 heterocycles. The number of ketones is 1. The highest BCUT2D eigenvalue weighted by Gasteiger charge is 2.46. The van der Waals surface area contributed by atoms with Gasteiger partial charge in [0.1, 0.15) is 11.5 Å². The van der Waals surface area contributed by atoms with Crippen LogP contribution in [0.15, 0.2) is 41.3 Å². The quantitative estimate of drug-likeness (QED) is 0.436. The number of ether oxygens (including phenoxy) is 2. The first kappa shape index (κ1) is 20.1. The number of aliphatic hydroxyl groups excluding tert-OH is 1. The molecule has 1 unspecified atom stereocenters. The Morgan fingerprint density at radius 1 is 1.21 bits per heavy atom. The van der Waals surface area contributed by atoms with Crippen LogP contribution >= 0.6 is 11.3 Å². The zero-order valence-corrected chi connectivity index (χ0v) is 16.9. The molecule has 6 nitrogen and oxygen atoms in total. The van der Waals surface area contributed by atoms with E-state index in [4.69, 9.17) is 9.47 Å². The van der Waals surface area contributed by atoms with Crippen LogP contribution in [0.4, 0.5) is 0 Å². The molecule has 1 fully saturated rings. The fourth-order valence-corrected chi connectivity index (χ4v) is 4.32. The first-order chi connectivity index (χ1) is 13.5. The molecule has 1 aromatic heterocycles. The van der Waals surface area contributed by atoms with E-state index in [-0.39, 0.29) is 17.9 Å². The highest BCUT2D eigenvalue weighted by atomic mass is 32.1. The molecule has 1 saturated heterocycles. The second kappa shape index (κ2) is 8.58. The summed E-state index contributed by atoms with van der Waals surface area (Å²) in [5.74, 6) is -0.813. The molecule has 1 aromatic carbocycles. The van der Waals surface area contributed by atoms with Crippen molar-refractivity contribution in [3.63, 3.8) is 0 Å². The number of Topliss-reactive ketones (excluding diaryl/α,β-unsaturated/α-hetero) is 1. The van der Waals surface area contributed by atoms with Crippen molar-refractivity contribution in [2.75, 3.05) is 26.9 Å². The summed E-state index contributed by atoms with van der Waals surface area (Å²) in [7, 11) is 1.54. The molecule has 0 spiro atoms. The van der Waals surface area contributed by atoms with Crippen LogP contribution in [0.25, 0.3) is 5.76 Å². The van der Waals surface area contributed by atoms with Gasteiger partial charge in [-0.1, -0.05) is 0 Å². The predicted molar refractivity (Wildman–Crippen MR) is 108 cm³/mol. The first-order valence-electron chi connectivity index (χ1n) is 9.04. The Kier molecular flexibility index (Phi) is 6.16. The van der Waals surface area contributed by atoms with Gasteiger partial charge in [0.05, 0.1) is 24.8 Å². The summed E-state index contributed by atoms with van der Waals surface area (Å²) in [6, 6.07) is 8.13. The van der Waals surface area contributed by atoms with Crippen LogP contribution in [-0.4, -0.2) is 48.6 Å². The minimum atomic E-state index is -0.680. The number of hydrogen-bond donors (Lipinski definition) is 1. The van der Waals surface area contributed by atoms with E-state index in [9.17, 15) is 14.7 Å². The highest BCUT2D eigenvalue weighted by molar-refractivity contribution is 7.10. The van der Waals surface area contributed by atoms with E-state index in [0.29, 0.717) is 24.5 Å². The number of amides is 1. The maximum Gasteiger partial charge on any atom is 0.295 e. The van der Waals surface area contributed by atoms with Crippen LogP contribution in [-0.2, 0) is 14.3 Å². The van der Waals surface area contributed by atoms with E-state index in [1.165, 1.54) is 16.2 Å². The van der Waals surface area contributed by atoms with Gasteiger partial charge >= 0.3 is 0 Å². The number of nitrogens with zero attached hydrogens (tertiary/aromatic N) is 1. The summed E-state index contributed by atoms with van der Waals surface area (Å²) in [5, 5.41) is 12.9. The molecule has 0 radical (unpaired) electrons. The maximum atomic E-state index is 12.8. The molecular formula is C21H23NO5S. The summed E-state index contributed by atoms with van der Waals surface area (Å²) in [5.41, 5.74) is 1.54. The lowest BCUT2D eigenvalue weighted by atomic mass is 9.98. The molecule has 148 valence electrons. The lowest BCUT2D eigenvalue weighted by Gasteiger charge is -2.24. The number of aryl methyl sites for hydroxylation is 1. The van der Waals surface area contributed by atoms with Gasteiger partial charge in [0.25, 0.3) is 11.7 Å². The normalized spacial score (nSPS) is 18.7. The van der Waals surface area contributed by atoms with Crippen molar-refractivity contribution >= 4 is 28.8 Å². The summed E-state index contributed by atoms with van der Waals surface area (Å²) < 4.78 is 10.5. The summed E-state index contributed by atoms with van der Waals surface area (Å²) in [4.78, 5) is 27.8. The number of likely N-dealkylation sites (tertiary alicyclic amines) is 1. The number of benzene rings is 1. The predicted octanol–water partition coefficient (Wildman–Crippen LogP) is 3.52. The standard InChI is InChI=1S/C21H23NO5S/c1-4-27-15-7-5-14(6-8-15)18(23)16-17(20-13(2)9-12-28-20)22(10-11-26-3)21(25)19(16)24/h5-9,12,17,23H,4,10-11H2,1-3H3/b18-16-. The van der Waals surface area contributed by atoms with E-state index >= 15 is 0 Å². The van der Waals surface area contributed by atoms with Gasteiger partial charge in [0, 0.05) is 24.1 Å². The van der Waals surface area contributed by atoms with Crippen molar-refractivity contribution < 1.29 is 24.2 Å². The molecule has 1 amide bonds. The zero-order chi connectivity index (χ0) is 20.3. The van der Waals surface area contributed by atoms with Crippen molar-refractivity contribution in [2.45, 2.75) is 19.9 Å². The molecular weight excluding hydrogens is 378 g/mol. The van der Waals surface area contributed by atoms with Crippen molar-refractivity contribution in [3.8, 4) is 5.75 Å². The van der Waals surface area contributed by atoms with Gasteiger partial charge < -0.3 is 19.5 Å². The molecule has 1 aliphatic heterocycles. The minimum Gasteiger partial charge on any atom is -0.507 e. The van der Waals surface area contributed by atoms with Gasteiger partial charge in [-0.2, -0.15) is 0 Å². The fraction of sp³-hybridized carbons (Fsp3) is 0.333. The molecule has 3 rings (SSSR count). The van der Waals surface area contributed by atoms with Crippen LogP contribution in [0.5, 0.6) is 5.75 Å². The highest BCUT2D eigenvalue weighted by Crippen LogP contribution is 2.42. The average Bonchev–Trinajstić information content (AvgIpc) is 3.22. The van der Waals surface area contributed by atoms with Gasteiger partial charge in [-0.05, 0) is 55.1 Å². The number of rotatable bonds is 7. The summed E-state index contributed by atoms with van der Waals surface area (Å²) >= 11 is 1.46. The Morgan fingerprint density at radius 3 is 2.50 bits per heavy atom. The third-order valence-corrected chi connectivity index (χ3v) is 5.74. The van der Waals surface area contributed by atoms with Gasteiger partial charge in [-0.25, -0.2) is 0 Å². The van der Waals surface area contributed by atoms with Crippen molar-refractivity contribution in [2.24, 2.45) is 0 Å². The van der Waals surface area contributed by atoms with E-state index < -0.39 is 17.7 Å². The number of hydrogen-bond acceptors (Lipinski definition) is 6. The van der Waals surface area contributed by atoms with Gasteiger partial charge in [-0.3, -0.25) is 9.59 Å². The molecule has 0 saturated carbocycles. The fourth-order valence-electron chi connectivity index (χ4n) is 3.27. The van der Waals surface area contributed by atoms with E-state index in [2.05, 4.69) is 0 Å². The molecule has 1 N–H and O–H groups in total. The third-order valence-electron chi connectivity index (χ3n) is 4.67. The second-order valence-electron chi connectivity index (χ2n) is 6.41. The second-order valence-corrected chi connectivity index (χ2v) is 7.36. The lowest BCUT2D eigenvalue weighted by molar-refractivity contribution is -0.140. The summed E-state index contributed by atoms with van der Waals surface area (Å²) in [6.45, 7) is 4.92. The maximum absolute atomic E-state index is 12.8. The van der Waals surface area contributed by atoms with Crippen LogP contribution in [0.3, 0.4) is 0 Å². The average molecular weight is 401 g/mol. The van der Waals surface area contributed by atoms with Gasteiger partial charge in [0.2, 0.25) is 0 Å². The molecule has 0 aliphatic carbocycles. The summed E-state index contributed by atoms with van der Waals surface area (Å²) in [6.07, 6.45) is 0. The van der Waals surface area contributed by atoms with Crippen LogP contribution in [0, 0.1) is 6.92 Å². The third kappa shape index (κ3) is 3.68. The molecule has 28 heavy (non-hydrogen) atoms. The largest absolute Gasteiger partial charge is 0.507 e. The molecule has 2 aromatic rings. The molecule has 7 heteroatoms. The van der Waals surface area contributed by atoms with E-state index in [0.717, 1.165) is 10.4 Å².